The second-order valence-corrected chi connectivity index (χ2v) is 4.45. The van der Waals surface area contributed by atoms with Crippen molar-refractivity contribution in [1.29, 1.82) is 5.26 Å². The Hall–Kier alpha value is -2.36. The number of rotatable bonds is 6. The van der Waals surface area contributed by atoms with E-state index in [-0.39, 0.29) is 24.4 Å². The lowest BCUT2D eigenvalue weighted by Gasteiger charge is -2.18. The van der Waals surface area contributed by atoms with Crippen LogP contribution in [0.5, 0.6) is 0 Å². The Morgan fingerprint density at radius 3 is 2.75 bits per heavy atom. The predicted molar refractivity (Wildman–Crippen MR) is 75.3 cm³/mol. The lowest BCUT2D eigenvalue weighted by atomic mass is 10.4. The van der Waals surface area contributed by atoms with Gasteiger partial charge in [-0.25, -0.2) is 4.68 Å². The molecule has 0 aliphatic rings. The van der Waals surface area contributed by atoms with E-state index in [1.165, 1.54) is 11.0 Å². The average molecular weight is 277 g/mol. The van der Waals surface area contributed by atoms with Crippen molar-refractivity contribution in [1.82, 2.24) is 14.7 Å². The molecule has 1 amide bonds. The average Bonchev–Trinajstić information content (AvgIpc) is 2.45. The fourth-order valence-electron chi connectivity index (χ4n) is 1.53. The Bertz CT molecular complexity index is 561. The number of carbonyl (C=O) groups is 1. The minimum Gasteiger partial charge on any atom is -0.373 e. The van der Waals surface area contributed by atoms with Crippen LogP contribution in [0.15, 0.2) is 17.1 Å². The zero-order valence-corrected chi connectivity index (χ0v) is 12.0. The van der Waals surface area contributed by atoms with Gasteiger partial charge < -0.3 is 9.80 Å². The van der Waals surface area contributed by atoms with Crippen LogP contribution in [-0.4, -0.2) is 47.8 Å². The van der Waals surface area contributed by atoms with Crippen molar-refractivity contribution < 1.29 is 4.79 Å². The van der Waals surface area contributed by atoms with Crippen LogP contribution in [-0.2, 0) is 11.3 Å². The number of amides is 1. The molecule has 0 bridgehead atoms. The molecule has 7 heteroatoms. The van der Waals surface area contributed by atoms with Gasteiger partial charge in [-0.3, -0.25) is 9.59 Å². The topological polar surface area (TPSA) is 82.2 Å². The van der Waals surface area contributed by atoms with Crippen molar-refractivity contribution >= 4 is 11.6 Å². The first-order valence-electron chi connectivity index (χ1n) is 6.38. The maximum absolute atomic E-state index is 11.9. The molecule has 1 rings (SSSR count). The van der Waals surface area contributed by atoms with Gasteiger partial charge in [0, 0.05) is 33.3 Å². The van der Waals surface area contributed by atoms with Crippen LogP contribution in [0.1, 0.15) is 13.3 Å². The SMILES string of the molecule is CCN(C)c1cnn(CC(=O)N(C)CCC#N)c(=O)c1. The quantitative estimate of drug-likeness (QED) is 0.735. The van der Waals surface area contributed by atoms with Gasteiger partial charge in [0.25, 0.3) is 5.56 Å². The van der Waals surface area contributed by atoms with E-state index in [0.29, 0.717) is 6.54 Å². The van der Waals surface area contributed by atoms with E-state index in [4.69, 9.17) is 5.26 Å². The number of aromatic nitrogens is 2. The number of hydrogen-bond donors (Lipinski definition) is 0. The summed E-state index contributed by atoms with van der Waals surface area (Å²) in [5.74, 6) is -0.244. The fraction of sp³-hybridized carbons (Fsp3) is 0.538. The molecule has 0 spiro atoms. The molecule has 0 atom stereocenters. The second-order valence-electron chi connectivity index (χ2n) is 4.45. The summed E-state index contributed by atoms with van der Waals surface area (Å²) in [6.45, 7) is 2.97. The van der Waals surface area contributed by atoms with Crippen LogP contribution in [0.25, 0.3) is 0 Å². The standard InChI is InChI=1S/C13H19N5O2/c1-4-16(2)11-8-12(19)18(15-9-11)10-13(20)17(3)7-5-6-14/h8-9H,4-5,7,10H2,1-3H3. The summed E-state index contributed by atoms with van der Waals surface area (Å²) in [6.07, 6.45) is 1.83. The zero-order valence-electron chi connectivity index (χ0n) is 12.0. The lowest BCUT2D eigenvalue weighted by molar-refractivity contribution is -0.130. The molecule has 0 N–H and O–H groups in total. The molecule has 1 aromatic heterocycles. The van der Waals surface area contributed by atoms with Crippen molar-refractivity contribution in [3.8, 4) is 6.07 Å². The Morgan fingerprint density at radius 2 is 2.20 bits per heavy atom. The number of nitriles is 1. The van der Waals surface area contributed by atoms with Gasteiger partial charge in [0.15, 0.2) is 0 Å². The van der Waals surface area contributed by atoms with Gasteiger partial charge in [-0.05, 0) is 6.92 Å². The van der Waals surface area contributed by atoms with E-state index < -0.39 is 0 Å². The summed E-state index contributed by atoms with van der Waals surface area (Å²) in [4.78, 5) is 27.0. The van der Waals surface area contributed by atoms with E-state index in [2.05, 4.69) is 5.10 Å². The maximum Gasteiger partial charge on any atom is 0.269 e. The second kappa shape index (κ2) is 7.28. The number of likely N-dealkylation sites (N-methyl/N-ethyl adjacent to an activating group) is 1. The minimum absolute atomic E-state index is 0.114. The third-order valence-electron chi connectivity index (χ3n) is 3.04. The first-order valence-corrected chi connectivity index (χ1v) is 6.38. The van der Waals surface area contributed by atoms with Gasteiger partial charge >= 0.3 is 0 Å². The molecule has 0 saturated carbocycles. The molecule has 0 aromatic carbocycles. The van der Waals surface area contributed by atoms with Gasteiger partial charge in [-0.1, -0.05) is 0 Å². The molecule has 0 saturated heterocycles. The van der Waals surface area contributed by atoms with Gasteiger partial charge in [0.2, 0.25) is 5.91 Å². The number of anilines is 1. The molecule has 20 heavy (non-hydrogen) atoms. The molecule has 0 unspecified atom stereocenters. The van der Waals surface area contributed by atoms with Crippen molar-refractivity contribution in [3.63, 3.8) is 0 Å². The number of hydrogen-bond acceptors (Lipinski definition) is 5. The van der Waals surface area contributed by atoms with Crippen molar-refractivity contribution in [2.45, 2.75) is 19.9 Å². The Kier molecular flexibility index (Phi) is 5.72. The van der Waals surface area contributed by atoms with Crippen LogP contribution < -0.4 is 10.5 Å². The van der Waals surface area contributed by atoms with Crippen LogP contribution in [0.3, 0.4) is 0 Å². The largest absolute Gasteiger partial charge is 0.373 e. The summed E-state index contributed by atoms with van der Waals surface area (Å²) in [7, 11) is 3.46. The predicted octanol–water partition coefficient (Wildman–Crippen LogP) is 0.0715. The molecule has 0 radical (unpaired) electrons. The Labute approximate surface area is 118 Å². The van der Waals surface area contributed by atoms with Gasteiger partial charge in [-0.15, -0.1) is 0 Å². The summed E-state index contributed by atoms with van der Waals surface area (Å²) in [5, 5.41) is 12.5. The Balaban J connectivity index is 2.77. The van der Waals surface area contributed by atoms with E-state index >= 15 is 0 Å². The van der Waals surface area contributed by atoms with Crippen molar-refractivity contribution in [3.05, 3.63) is 22.6 Å². The first kappa shape index (κ1) is 15.7. The highest BCUT2D eigenvalue weighted by atomic mass is 16.2. The summed E-state index contributed by atoms with van der Waals surface area (Å²) < 4.78 is 1.12. The maximum atomic E-state index is 11.9. The van der Waals surface area contributed by atoms with E-state index in [1.807, 2.05) is 24.9 Å². The Morgan fingerprint density at radius 1 is 1.50 bits per heavy atom. The smallest absolute Gasteiger partial charge is 0.269 e. The highest BCUT2D eigenvalue weighted by Crippen LogP contribution is 2.05. The van der Waals surface area contributed by atoms with Crippen LogP contribution in [0.2, 0.25) is 0 Å². The van der Waals surface area contributed by atoms with Crippen LogP contribution >= 0.6 is 0 Å². The summed E-state index contributed by atoms with van der Waals surface area (Å²) >= 11 is 0. The summed E-state index contributed by atoms with van der Waals surface area (Å²) in [6, 6.07) is 3.43. The third kappa shape index (κ3) is 4.09. The zero-order chi connectivity index (χ0) is 15.1. The van der Waals surface area contributed by atoms with E-state index in [1.54, 1.807) is 13.2 Å². The third-order valence-corrected chi connectivity index (χ3v) is 3.04. The van der Waals surface area contributed by atoms with Crippen LogP contribution in [0.4, 0.5) is 5.69 Å². The van der Waals surface area contributed by atoms with Gasteiger partial charge in [0.1, 0.15) is 6.54 Å². The number of carbonyl (C=O) groups excluding carboxylic acids is 1. The van der Waals surface area contributed by atoms with E-state index in [9.17, 15) is 9.59 Å². The first-order chi connectivity index (χ1) is 9.49. The molecular weight excluding hydrogens is 258 g/mol. The molecule has 7 nitrogen and oxygen atoms in total. The highest BCUT2D eigenvalue weighted by Gasteiger charge is 2.11. The summed E-state index contributed by atoms with van der Waals surface area (Å²) in [5.41, 5.74) is 0.406. The van der Waals surface area contributed by atoms with E-state index in [0.717, 1.165) is 16.9 Å². The molecule has 1 heterocycles. The minimum atomic E-state index is -0.315. The molecule has 0 aliphatic carbocycles. The van der Waals surface area contributed by atoms with Gasteiger partial charge in [0.05, 0.1) is 24.4 Å². The van der Waals surface area contributed by atoms with Gasteiger partial charge in [-0.2, -0.15) is 10.4 Å². The monoisotopic (exact) mass is 277 g/mol. The normalized spacial score (nSPS) is 9.90. The molecule has 0 fully saturated rings. The molecule has 0 aliphatic heterocycles. The number of nitrogens with zero attached hydrogens (tertiary/aromatic N) is 5. The van der Waals surface area contributed by atoms with Crippen LogP contribution in [0, 0.1) is 11.3 Å². The van der Waals surface area contributed by atoms with Crippen molar-refractivity contribution in [2.24, 2.45) is 0 Å². The van der Waals surface area contributed by atoms with Crippen molar-refractivity contribution in [2.75, 3.05) is 32.1 Å². The molecular formula is C13H19N5O2. The highest BCUT2D eigenvalue weighted by molar-refractivity contribution is 5.75. The molecule has 1 aromatic rings. The fourth-order valence-corrected chi connectivity index (χ4v) is 1.53. The lowest BCUT2D eigenvalue weighted by Crippen LogP contribution is -2.35. The molecule has 108 valence electrons.